The van der Waals surface area contributed by atoms with Crippen LogP contribution in [0.3, 0.4) is 0 Å². The highest BCUT2D eigenvalue weighted by Crippen LogP contribution is 2.23. The molecule has 0 amide bonds. The third-order valence-electron chi connectivity index (χ3n) is 2.25. The first-order valence-electron chi connectivity index (χ1n) is 4.40. The monoisotopic (exact) mass is 206 g/mol. The van der Waals surface area contributed by atoms with Crippen LogP contribution in [0.2, 0.25) is 0 Å². The Bertz CT molecular complexity index is 485. The van der Waals surface area contributed by atoms with E-state index in [1.807, 2.05) is 36.0 Å². The number of rotatable bonds is 2. The standard InChI is InChI=1S/C11H11ClN2/c1-8(7-12)11-9-5-3-4-6-10(9)14(2)13-11/h3-6H,1,7H2,2H3. The number of nitrogens with zero attached hydrogens (tertiary/aromatic N) is 2. The van der Waals surface area contributed by atoms with Crippen molar-refractivity contribution in [1.82, 2.24) is 9.78 Å². The molecular weight excluding hydrogens is 196 g/mol. The maximum Gasteiger partial charge on any atom is 0.0967 e. The molecule has 3 heteroatoms. The number of aryl methyl sites for hydroxylation is 1. The van der Waals surface area contributed by atoms with E-state index in [9.17, 15) is 0 Å². The molecule has 0 atom stereocenters. The van der Waals surface area contributed by atoms with Gasteiger partial charge in [-0.3, -0.25) is 4.68 Å². The molecule has 1 aromatic carbocycles. The molecule has 1 heterocycles. The van der Waals surface area contributed by atoms with Gasteiger partial charge in [0.15, 0.2) is 0 Å². The van der Waals surface area contributed by atoms with Gasteiger partial charge in [-0.2, -0.15) is 5.10 Å². The molecule has 1 aromatic heterocycles. The molecule has 0 aliphatic carbocycles. The molecule has 0 aliphatic heterocycles. The molecule has 2 aromatic rings. The summed E-state index contributed by atoms with van der Waals surface area (Å²) in [6.07, 6.45) is 0. The number of alkyl halides is 1. The summed E-state index contributed by atoms with van der Waals surface area (Å²) in [6, 6.07) is 8.06. The van der Waals surface area contributed by atoms with E-state index < -0.39 is 0 Å². The van der Waals surface area contributed by atoms with Gasteiger partial charge < -0.3 is 0 Å². The Morgan fingerprint density at radius 3 is 2.93 bits per heavy atom. The maximum atomic E-state index is 5.75. The highest BCUT2D eigenvalue weighted by atomic mass is 35.5. The van der Waals surface area contributed by atoms with Crippen LogP contribution in [0.4, 0.5) is 0 Å². The van der Waals surface area contributed by atoms with Crippen molar-refractivity contribution in [3.05, 3.63) is 36.5 Å². The van der Waals surface area contributed by atoms with Crippen LogP contribution in [0.15, 0.2) is 30.8 Å². The van der Waals surface area contributed by atoms with E-state index >= 15 is 0 Å². The molecular formula is C11H11ClN2. The minimum absolute atomic E-state index is 0.418. The predicted octanol–water partition coefficient (Wildman–Crippen LogP) is 2.83. The van der Waals surface area contributed by atoms with Crippen molar-refractivity contribution in [3.8, 4) is 0 Å². The van der Waals surface area contributed by atoms with Crippen LogP contribution in [0.25, 0.3) is 16.5 Å². The summed E-state index contributed by atoms with van der Waals surface area (Å²) in [5.41, 5.74) is 2.87. The van der Waals surface area contributed by atoms with Gasteiger partial charge in [0.25, 0.3) is 0 Å². The Morgan fingerprint density at radius 1 is 1.50 bits per heavy atom. The van der Waals surface area contributed by atoms with E-state index in [-0.39, 0.29) is 0 Å². The second kappa shape index (κ2) is 3.46. The minimum atomic E-state index is 0.418. The van der Waals surface area contributed by atoms with Gasteiger partial charge in [-0.25, -0.2) is 0 Å². The lowest BCUT2D eigenvalue weighted by molar-refractivity contribution is 0.791. The van der Waals surface area contributed by atoms with Crippen molar-refractivity contribution in [2.24, 2.45) is 7.05 Å². The van der Waals surface area contributed by atoms with E-state index in [0.717, 1.165) is 22.2 Å². The molecule has 0 radical (unpaired) electrons. The first-order valence-corrected chi connectivity index (χ1v) is 4.93. The molecule has 0 aliphatic rings. The Kier molecular flexibility index (Phi) is 2.30. The van der Waals surface area contributed by atoms with Crippen LogP contribution < -0.4 is 0 Å². The number of para-hydroxylation sites is 1. The lowest BCUT2D eigenvalue weighted by Crippen LogP contribution is -1.91. The van der Waals surface area contributed by atoms with Gasteiger partial charge >= 0.3 is 0 Å². The van der Waals surface area contributed by atoms with Crippen molar-refractivity contribution < 1.29 is 0 Å². The van der Waals surface area contributed by atoms with E-state index in [1.54, 1.807) is 0 Å². The van der Waals surface area contributed by atoms with E-state index in [1.165, 1.54) is 0 Å². The maximum absolute atomic E-state index is 5.75. The first kappa shape index (κ1) is 9.28. The number of allylic oxidation sites excluding steroid dienone is 1. The third-order valence-corrected chi connectivity index (χ3v) is 2.58. The second-order valence-corrected chi connectivity index (χ2v) is 3.49. The van der Waals surface area contributed by atoms with Gasteiger partial charge in [0.05, 0.1) is 11.2 Å². The quantitative estimate of drug-likeness (QED) is 0.691. The predicted molar refractivity (Wildman–Crippen MR) is 60.5 cm³/mol. The lowest BCUT2D eigenvalue weighted by atomic mass is 10.1. The van der Waals surface area contributed by atoms with Gasteiger partial charge in [0.1, 0.15) is 0 Å². The fourth-order valence-corrected chi connectivity index (χ4v) is 1.66. The first-order chi connectivity index (χ1) is 6.74. The average molecular weight is 207 g/mol. The summed E-state index contributed by atoms with van der Waals surface area (Å²) < 4.78 is 1.85. The zero-order chi connectivity index (χ0) is 10.1. The summed E-state index contributed by atoms with van der Waals surface area (Å²) in [5.74, 6) is 0.418. The van der Waals surface area contributed by atoms with Crippen molar-refractivity contribution >= 4 is 28.1 Å². The van der Waals surface area contributed by atoms with Crippen molar-refractivity contribution in [2.75, 3.05) is 5.88 Å². The number of hydrogen-bond acceptors (Lipinski definition) is 1. The highest BCUT2D eigenvalue weighted by Gasteiger charge is 2.09. The fraction of sp³-hybridized carbons (Fsp3) is 0.182. The molecule has 0 saturated carbocycles. The van der Waals surface area contributed by atoms with Gasteiger partial charge in [0, 0.05) is 18.3 Å². The molecule has 0 bridgehead atoms. The Hall–Kier alpha value is -1.28. The van der Waals surface area contributed by atoms with Crippen LogP contribution >= 0.6 is 11.6 Å². The minimum Gasteiger partial charge on any atom is -0.267 e. The zero-order valence-electron chi connectivity index (χ0n) is 8.00. The Balaban J connectivity index is 2.72. The number of aromatic nitrogens is 2. The van der Waals surface area contributed by atoms with Crippen LogP contribution in [0.1, 0.15) is 5.69 Å². The van der Waals surface area contributed by atoms with Gasteiger partial charge in [-0.1, -0.05) is 24.8 Å². The van der Waals surface area contributed by atoms with Crippen LogP contribution in [0, 0.1) is 0 Å². The normalized spacial score (nSPS) is 10.7. The number of fused-ring (bicyclic) bond motifs is 1. The molecule has 14 heavy (non-hydrogen) atoms. The van der Waals surface area contributed by atoms with Gasteiger partial charge in [-0.05, 0) is 11.6 Å². The zero-order valence-corrected chi connectivity index (χ0v) is 8.75. The van der Waals surface area contributed by atoms with Crippen LogP contribution in [-0.2, 0) is 7.05 Å². The van der Waals surface area contributed by atoms with Crippen molar-refractivity contribution in [2.45, 2.75) is 0 Å². The van der Waals surface area contributed by atoms with E-state index in [2.05, 4.69) is 11.7 Å². The largest absolute Gasteiger partial charge is 0.267 e. The van der Waals surface area contributed by atoms with E-state index in [4.69, 9.17) is 11.6 Å². The summed E-state index contributed by atoms with van der Waals surface area (Å²) in [5, 5.41) is 5.50. The summed E-state index contributed by atoms with van der Waals surface area (Å²) in [4.78, 5) is 0. The smallest absolute Gasteiger partial charge is 0.0967 e. The van der Waals surface area contributed by atoms with Crippen LogP contribution in [0.5, 0.6) is 0 Å². The molecule has 0 unspecified atom stereocenters. The Labute approximate surface area is 87.8 Å². The van der Waals surface area contributed by atoms with Gasteiger partial charge in [-0.15, -0.1) is 11.6 Å². The van der Waals surface area contributed by atoms with Crippen molar-refractivity contribution in [1.29, 1.82) is 0 Å². The lowest BCUT2D eigenvalue weighted by Gasteiger charge is -1.95. The van der Waals surface area contributed by atoms with Crippen LogP contribution in [-0.4, -0.2) is 15.7 Å². The fourth-order valence-electron chi connectivity index (χ4n) is 1.54. The Morgan fingerprint density at radius 2 is 2.21 bits per heavy atom. The molecule has 72 valence electrons. The molecule has 0 N–H and O–H groups in total. The second-order valence-electron chi connectivity index (χ2n) is 3.23. The molecule has 0 spiro atoms. The molecule has 2 nitrogen and oxygen atoms in total. The average Bonchev–Trinajstić information content (AvgIpc) is 2.56. The molecule has 0 fully saturated rings. The molecule has 2 rings (SSSR count). The third kappa shape index (κ3) is 1.32. The summed E-state index contributed by atoms with van der Waals surface area (Å²) in [6.45, 7) is 3.90. The summed E-state index contributed by atoms with van der Waals surface area (Å²) in [7, 11) is 1.92. The molecule has 0 saturated heterocycles. The number of hydrogen-bond donors (Lipinski definition) is 0. The van der Waals surface area contributed by atoms with Crippen molar-refractivity contribution in [3.63, 3.8) is 0 Å². The highest BCUT2D eigenvalue weighted by molar-refractivity contribution is 6.23. The number of halogens is 1. The number of benzene rings is 1. The van der Waals surface area contributed by atoms with E-state index in [0.29, 0.717) is 5.88 Å². The van der Waals surface area contributed by atoms with Gasteiger partial charge in [0.2, 0.25) is 0 Å². The summed E-state index contributed by atoms with van der Waals surface area (Å²) >= 11 is 5.75. The topological polar surface area (TPSA) is 17.8 Å². The SMILES string of the molecule is C=C(CCl)c1nn(C)c2ccccc12.